The van der Waals surface area contributed by atoms with Crippen LogP contribution in [0.15, 0.2) is 34.0 Å². The van der Waals surface area contributed by atoms with Gasteiger partial charge in [0.1, 0.15) is 17.0 Å². The molecule has 0 bridgehead atoms. The van der Waals surface area contributed by atoms with E-state index in [2.05, 4.69) is 10.2 Å². The number of aryl methyl sites for hydroxylation is 1. The molecule has 128 valence electrons. The fourth-order valence-electron chi connectivity index (χ4n) is 2.27. The Morgan fingerprint density at radius 1 is 1.36 bits per heavy atom. The van der Waals surface area contributed by atoms with Crippen LogP contribution < -0.4 is 16.1 Å². The predicted octanol–water partition coefficient (Wildman–Crippen LogP) is 0.125. The maximum atomic E-state index is 12.5. The van der Waals surface area contributed by atoms with Crippen LogP contribution in [0.1, 0.15) is 11.1 Å². The normalized spacial score (nSPS) is 11.4. The first-order chi connectivity index (χ1) is 11.8. The van der Waals surface area contributed by atoms with Crippen LogP contribution >= 0.6 is 0 Å². The van der Waals surface area contributed by atoms with Gasteiger partial charge in [-0.15, -0.1) is 0 Å². The summed E-state index contributed by atoms with van der Waals surface area (Å²) < 4.78 is 25.3. The van der Waals surface area contributed by atoms with Crippen molar-refractivity contribution < 1.29 is 13.5 Å². The second kappa shape index (κ2) is 5.53. The van der Waals surface area contributed by atoms with Crippen LogP contribution in [0.2, 0.25) is 0 Å². The molecule has 0 aliphatic carbocycles. The standard InChI is InChI=1S/C14H12N6O4S/c1-7-2-4-8(5-3-7)25(23,24)19-20-13(21)9(6-15)11-10(14(20)22)12(16)18-17-11/h2-5,19,21H,1H3,(H3,16,17,18). The lowest BCUT2D eigenvalue weighted by Gasteiger charge is -2.13. The van der Waals surface area contributed by atoms with E-state index in [1.54, 1.807) is 25.1 Å². The SMILES string of the molecule is Cc1ccc(S(=O)(=O)Nn2c(O)c(C#N)c3[nH]nc(N)c3c2=O)cc1. The highest BCUT2D eigenvalue weighted by Crippen LogP contribution is 2.24. The minimum Gasteiger partial charge on any atom is -0.492 e. The van der Waals surface area contributed by atoms with Gasteiger partial charge in [-0.2, -0.15) is 23.5 Å². The second-order valence-electron chi connectivity index (χ2n) is 5.22. The number of benzene rings is 1. The van der Waals surface area contributed by atoms with Crippen LogP contribution in [-0.2, 0) is 10.0 Å². The summed E-state index contributed by atoms with van der Waals surface area (Å²) in [6, 6.07) is 7.52. The smallest absolute Gasteiger partial charge is 0.286 e. The number of rotatable bonds is 3. The molecule has 0 saturated heterocycles. The molecule has 0 aliphatic rings. The zero-order valence-electron chi connectivity index (χ0n) is 12.8. The van der Waals surface area contributed by atoms with Crippen LogP contribution in [0.4, 0.5) is 5.82 Å². The summed E-state index contributed by atoms with van der Waals surface area (Å²) in [6.45, 7) is 1.79. The largest absolute Gasteiger partial charge is 0.492 e. The van der Waals surface area contributed by atoms with E-state index < -0.39 is 21.5 Å². The lowest BCUT2D eigenvalue weighted by molar-refractivity contribution is 0.428. The van der Waals surface area contributed by atoms with Crippen molar-refractivity contribution in [1.29, 1.82) is 5.26 Å². The molecule has 25 heavy (non-hydrogen) atoms. The van der Waals surface area contributed by atoms with Crippen molar-refractivity contribution in [2.45, 2.75) is 11.8 Å². The zero-order valence-corrected chi connectivity index (χ0v) is 13.6. The highest BCUT2D eigenvalue weighted by atomic mass is 32.2. The number of H-pyrrole nitrogens is 1. The molecule has 0 amide bonds. The number of anilines is 1. The fraction of sp³-hybridized carbons (Fsp3) is 0.0714. The maximum Gasteiger partial charge on any atom is 0.286 e. The molecule has 2 aromatic heterocycles. The molecular formula is C14H12N6O4S. The summed E-state index contributed by atoms with van der Waals surface area (Å²) >= 11 is 0. The number of nitriles is 1. The minimum atomic E-state index is -4.19. The third kappa shape index (κ3) is 2.54. The van der Waals surface area contributed by atoms with Crippen molar-refractivity contribution in [1.82, 2.24) is 14.9 Å². The average molecular weight is 360 g/mol. The van der Waals surface area contributed by atoms with Crippen molar-refractivity contribution in [2.24, 2.45) is 0 Å². The predicted molar refractivity (Wildman–Crippen MR) is 88.9 cm³/mol. The van der Waals surface area contributed by atoms with Crippen molar-refractivity contribution in [3.8, 4) is 11.9 Å². The Morgan fingerprint density at radius 2 is 2.00 bits per heavy atom. The van der Waals surface area contributed by atoms with E-state index in [1.165, 1.54) is 12.1 Å². The summed E-state index contributed by atoms with van der Waals surface area (Å²) in [5.74, 6) is -1.10. The number of nitrogens with one attached hydrogen (secondary N) is 2. The topological polar surface area (TPSA) is 167 Å². The van der Waals surface area contributed by atoms with E-state index >= 15 is 0 Å². The van der Waals surface area contributed by atoms with Gasteiger partial charge in [-0.25, -0.2) is 4.83 Å². The number of sulfonamides is 1. The van der Waals surface area contributed by atoms with E-state index in [1.807, 2.05) is 4.83 Å². The van der Waals surface area contributed by atoms with E-state index in [4.69, 9.17) is 5.73 Å². The summed E-state index contributed by atoms with van der Waals surface area (Å²) in [5.41, 5.74) is 5.02. The number of aromatic nitrogens is 3. The molecule has 0 aliphatic heterocycles. The van der Waals surface area contributed by atoms with Crippen molar-refractivity contribution in [2.75, 3.05) is 10.6 Å². The zero-order chi connectivity index (χ0) is 18.4. The summed E-state index contributed by atoms with van der Waals surface area (Å²) in [6.07, 6.45) is 0. The number of nitrogens with zero attached hydrogens (tertiary/aromatic N) is 3. The highest BCUT2D eigenvalue weighted by Gasteiger charge is 2.24. The summed E-state index contributed by atoms with van der Waals surface area (Å²) in [7, 11) is -4.19. The quantitative estimate of drug-likeness (QED) is 0.514. The number of hydrogen-bond acceptors (Lipinski definition) is 7. The Kier molecular flexibility index (Phi) is 3.62. The summed E-state index contributed by atoms with van der Waals surface area (Å²) in [5, 5.41) is 25.1. The van der Waals surface area contributed by atoms with Gasteiger partial charge in [0, 0.05) is 0 Å². The fourth-order valence-corrected chi connectivity index (χ4v) is 3.28. The molecule has 3 aromatic rings. The molecule has 0 spiro atoms. The Morgan fingerprint density at radius 3 is 2.60 bits per heavy atom. The number of fused-ring (bicyclic) bond motifs is 1. The van der Waals surface area contributed by atoms with Crippen LogP contribution in [0.3, 0.4) is 0 Å². The molecule has 0 unspecified atom stereocenters. The van der Waals surface area contributed by atoms with Crippen LogP contribution in [0, 0.1) is 18.3 Å². The van der Waals surface area contributed by atoms with E-state index in [9.17, 15) is 23.6 Å². The van der Waals surface area contributed by atoms with Gasteiger partial charge in [0.25, 0.3) is 15.6 Å². The molecule has 0 radical (unpaired) electrons. The third-order valence-electron chi connectivity index (χ3n) is 3.55. The lowest BCUT2D eigenvalue weighted by atomic mass is 10.2. The van der Waals surface area contributed by atoms with E-state index in [0.29, 0.717) is 4.68 Å². The van der Waals surface area contributed by atoms with Gasteiger partial charge in [-0.1, -0.05) is 17.7 Å². The molecule has 5 N–H and O–H groups in total. The Hall–Kier alpha value is -3.52. The monoisotopic (exact) mass is 360 g/mol. The van der Waals surface area contributed by atoms with Gasteiger partial charge in [0.05, 0.1) is 10.4 Å². The third-order valence-corrected chi connectivity index (χ3v) is 4.87. The van der Waals surface area contributed by atoms with Crippen LogP contribution in [-0.4, -0.2) is 28.4 Å². The van der Waals surface area contributed by atoms with E-state index in [-0.39, 0.29) is 27.2 Å². The molecule has 0 fully saturated rings. The molecule has 2 heterocycles. The first-order valence-electron chi connectivity index (χ1n) is 6.87. The first kappa shape index (κ1) is 16.3. The van der Waals surface area contributed by atoms with Gasteiger partial charge in [-0.3, -0.25) is 9.89 Å². The molecule has 11 heteroatoms. The highest BCUT2D eigenvalue weighted by molar-refractivity contribution is 7.92. The average Bonchev–Trinajstić information content (AvgIpc) is 2.94. The Balaban J connectivity index is 2.23. The van der Waals surface area contributed by atoms with Crippen molar-refractivity contribution in [3.05, 3.63) is 45.7 Å². The second-order valence-corrected chi connectivity index (χ2v) is 6.88. The lowest BCUT2D eigenvalue weighted by Crippen LogP contribution is -2.33. The number of nitrogen functional groups attached to an aromatic ring is 1. The van der Waals surface area contributed by atoms with Crippen LogP contribution in [0.25, 0.3) is 10.9 Å². The molecule has 1 aromatic carbocycles. The number of hydrogen-bond donors (Lipinski definition) is 4. The molecule has 0 saturated carbocycles. The minimum absolute atomic E-state index is 0.0757. The molecule has 0 atom stereocenters. The van der Waals surface area contributed by atoms with Crippen LogP contribution in [0.5, 0.6) is 5.88 Å². The van der Waals surface area contributed by atoms with Gasteiger partial charge in [0.15, 0.2) is 5.82 Å². The number of aromatic amines is 1. The van der Waals surface area contributed by atoms with Gasteiger partial charge in [0.2, 0.25) is 5.88 Å². The molecule has 10 nitrogen and oxygen atoms in total. The number of aromatic hydroxyl groups is 1. The molecular weight excluding hydrogens is 348 g/mol. The Bertz CT molecular complexity index is 1190. The van der Waals surface area contributed by atoms with Gasteiger partial charge >= 0.3 is 0 Å². The van der Waals surface area contributed by atoms with E-state index in [0.717, 1.165) is 5.56 Å². The van der Waals surface area contributed by atoms with Crippen molar-refractivity contribution in [3.63, 3.8) is 0 Å². The van der Waals surface area contributed by atoms with Gasteiger partial charge in [-0.05, 0) is 19.1 Å². The van der Waals surface area contributed by atoms with Gasteiger partial charge < -0.3 is 10.8 Å². The Labute approximate surface area is 141 Å². The number of nitrogens with two attached hydrogens (primary N) is 1. The first-order valence-corrected chi connectivity index (χ1v) is 8.35. The molecule has 3 rings (SSSR count). The van der Waals surface area contributed by atoms with Crippen molar-refractivity contribution >= 4 is 26.7 Å². The number of pyridine rings is 1. The summed E-state index contributed by atoms with van der Waals surface area (Å²) in [4.78, 5) is 14.3. The maximum absolute atomic E-state index is 12.5.